The van der Waals surface area contributed by atoms with E-state index < -0.39 is 11.7 Å². The minimum Gasteiger partial charge on any atom is -0.337 e. The summed E-state index contributed by atoms with van der Waals surface area (Å²) in [7, 11) is 0. The molecule has 1 aliphatic heterocycles. The molecule has 1 N–H and O–H groups in total. The van der Waals surface area contributed by atoms with Gasteiger partial charge in [-0.05, 0) is 37.1 Å². The van der Waals surface area contributed by atoms with E-state index in [4.69, 9.17) is 0 Å². The van der Waals surface area contributed by atoms with Crippen molar-refractivity contribution >= 4 is 5.91 Å². The zero-order chi connectivity index (χ0) is 15.5. The SMILES string of the molecule is CCNC1CCCN(Cc2cccc(C(F)(F)F)c2)C1=O. The highest BCUT2D eigenvalue weighted by atomic mass is 19.4. The molecule has 1 unspecified atom stereocenters. The molecule has 6 heteroatoms. The maximum atomic E-state index is 12.7. The van der Waals surface area contributed by atoms with Crippen LogP contribution in [0.1, 0.15) is 30.9 Å². The number of benzene rings is 1. The number of piperidine rings is 1. The summed E-state index contributed by atoms with van der Waals surface area (Å²) in [6.07, 6.45) is -2.71. The summed E-state index contributed by atoms with van der Waals surface area (Å²) in [5.74, 6) is -0.0273. The standard InChI is InChI=1S/C15H19F3N2O/c1-2-19-13-7-4-8-20(14(13)21)10-11-5-3-6-12(9-11)15(16,17)18/h3,5-6,9,13,19H,2,4,7-8,10H2,1H3. The van der Waals surface area contributed by atoms with E-state index in [0.717, 1.165) is 25.0 Å². The first-order chi connectivity index (χ1) is 9.91. The first-order valence-corrected chi connectivity index (χ1v) is 7.10. The molecule has 116 valence electrons. The average Bonchev–Trinajstić information content (AvgIpc) is 2.43. The van der Waals surface area contributed by atoms with Crippen molar-refractivity contribution in [2.45, 2.75) is 38.5 Å². The molecular weight excluding hydrogens is 281 g/mol. The third-order valence-electron chi connectivity index (χ3n) is 3.61. The summed E-state index contributed by atoms with van der Waals surface area (Å²) in [4.78, 5) is 13.9. The van der Waals surface area contributed by atoms with Crippen LogP contribution in [0.3, 0.4) is 0 Å². The molecule has 1 aromatic rings. The highest BCUT2D eigenvalue weighted by molar-refractivity contribution is 5.82. The van der Waals surface area contributed by atoms with E-state index in [1.807, 2.05) is 6.92 Å². The molecule has 1 fully saturated rings. The van der Waals surface area contributed by atoms with E-state index in [2.05, 4.69) is 5.32 Å². The lowest BCUT2D eigenvalue weighted by atomic mass is 10.0. The summed E-state index contributed by atoms with van der Waals surface area (Å²) < 4.78 is 38.1. The van der Waals surface area contributed by atoms with Crippen LogP contribution in [0, 0.1) is 0 Å². The fraction of sp³-hybridized carbons (Fsp3) is 0.533. The number of likely N-dealkylation sites (N-methyl/N-ethyl adjacent to an activating group) is 1. The van der Waals surface area contributed by atoms with Gasteiger partial charge in [-0.1, -0.05) is 19.1 Å². The summed E-state index contributed by atoms with van der Waals surface area (Å²) >= 11 is 0. The van der Waals surface area contributed by atoms with E-state index in [-0.39, 0.29) is 18.5 Å². The van der Waals surface area contributed by atoms with Crippen LogP contribution in [0.25, 0.3) is 0 Å². The number of hydrogen-bond donors (Lipinski definition) is 1. The number of alkyl halides is 3. The molecule has 1 heterocycles. The molecule has 0 radical (unpaired) electrons. The zero-order valence-electron chi connectivity index (χ0n) is 11.9. The van der Waals surface area contributed by atoms with Gasteiger partial charge in [-0.15, -0.1) is 0 Å². The number of rotatable bonds is 4. The zero-order valence-corrected chi connectivity index (χ0v) is 11.9. The topological polar surface area (TPSA) is 32.3 Å². The lowest BCUT2D eigenvalue weighted by Gasteiger charge is -2.32. The molecule has 0 aromatic heterocycles. The van der Waals surface area contributed by atoms with Gasteiger partial charge >= 0.3 is 6.18 Å². The van der Waals surface area contributed by atoms with Crippen molar-refractivity contribution < 1.29 is 18.0 Å². The van der Waals surface area contributed by atoms with Gasteiger partial charge in [0.05, 0.1) is 11.6 Å². The number of nitrogens with zero attached hydrogens (tertiary/aromatic N) is 1. The second kappa shape index (κ2) is 6.47. The van der Waals surface area contributed by atoms with Crippen molar-refractivity contribution in [3.8, 4) is 0 Å². The molecule has 1 atom stereocenters. The van der Waals surface area contributed by atoms with Crippen molar-refractivity contribution in [2.75, 3.05) is 13.1 Å². The molecule has 21 heavy (non-hydrogen) atoms. The number of hydrogen-bond acceptors (Lipinski definition) is 2. The van der Waals surface area contributed by atoms with Crippen molar-refractivity contribution in [2.24, 2.45) is 0 Å². The van der Waals surface area contributed by atoms with Gasteiger partial charge in [-0.3, -0.25) is 4.79 Å². The van der Waals surface area contributed by atoms with Crippen LogP contribution in [-0.2, 0) is 17.5 Å². The van der Waals surface area contributed by atoms with Crippen LogP contribution < -0.4 is 5.32 Å². The first-order valence-electron chi connectivity index (χ1n) is 7.10. The second-order valence-electron chi connectivity index (χ2n) is 5.21. The number of carbonyl (C=O) groups is 1. The predicted molar refractivity (Wildman–Crippen MR) is 73.6 cm³/mol. The predicted octanol–water partition coefficient (Wildman–Crippen LogP) is 2.81. The molecule has 0 bridgehead atoms. The van der Waals surface area contributed by atoms with Gasteiger partial charge in [0, 0.05) is 13.1 Å². The summed E-state index contributed by atoms with van der Waals surface area (Å²) in [5, 5.41) is 3.11. The van der Waals surface area contributed by atoms with Crippen molar-refractivity contribution in [3.05, 3.63) is 35.4 Å². The number of nitrogens with one attached hydrogen (secondary N) is 1. The molecule has 1 saturated heterocycles. The van der Waals surface area contributed by atoms with E-state index in [1.165, 1.54) is 6.07 Å². The van der Waals surface area contributed by atoms with E-state index in [0.29, 0.717) is 18.7 Å². The minimum atomic E-state index is -4.35. The van der Waals surface area contributed by atoms with Crippen LogP contribution in [0.15, 0.2) is 24.3 Å². The Labute approximate surface area is 122 Å². The molecule has 3 nitrogen and oxygen atoms in total. The Morgan fingerprint density at radius 1 is 1.38 bits per heavy atom. The Hall–Kier alpha value is -1.56. The molecule has 0 saturated carbocycles. The maximum Gasteiger partial charge on any atom is 0.416 e. The van der Waals surface area contributed by atoms with Crippen molar-refractivity contribution in [1.29, 1.82) is 0 Å². The second-order valence-corrected chi connectivity index (χ2v) is 5.21. The van der Waals surface area contributed by atoms with E-state index in [9.17, 15) is 18.0 Å². The Morgan fingerprint density at radius 2 is 2.14 bits per heavy atom. The lowest BCUT2D eigenvalue weighted by molar-refractivity contribution is -0.137. The quantitative estimate of drug-likeness (QED) is 0.927. The first kappa shape index (κ1) is 15.8. The minimum absolute atomic E-state index is 0.0273. The summed E-state index contributed by atoms with van der Waals surface area (Å²) in [6, 6.07) is 4.95. The van der Waals surface area contributed by atoms with Gasteiger partial charge in [0.25, 0.3) is 0 Å². The molecule has 1 aromatic carbocycles. The Balaban J connectivity index is 2.09. The van der Waals surface area contributed by atoms with Crippen molar-refractivity contribution in [3.63, 3.8) is 0 Å². The normalized spacial score (nSPS) is 19.9. The fourth-order valence-corrected chi connectivity index (χ4v) is 2.60. The Kier molecular flexibility index (Phi) is 4.88. The van der Waals surface area contributed by atoms with Crippen LogP contribution in [0.5, 0.6) is 0 Å². The summed E-state index contributed by atoms with van der Waals surface area (Å²) in [5.41, 5.74) is -0.164. The third-order valence-corrected chi connectivity index (χ3v) is 3.61. The number of halogens is 3. The van der Waals surface area contributed by atoms with Crippen LogP contribution in [0.4, 0.5) is 13.2 Å². The Bertz CT molecular complexity index is 500. The lowest BCUT2D eigenvalue weighted by Crippen LogP contribution is -2.50. The number of likely N-dealkylation sites (tertiary alicyclic amines) is 1. The highest BCUT2D eigenvalue weighted by Gasteiger charge is 2.31. The smallest absolute Gasteiger partial charge is 0.337 e. The molecule has 0 spiro atoms. The van der Waals surface area contributed by atoms with Gasteiger partial charge in [0.1, 0.15) is 0 Å². The molecular formula is C15H19F3N2O. The van der Waals surface area contributed by atoms with Crippen LogP contribution in [0.2, 0.25) is 0 Å². The summed E-state index contributed by atoms with van der Waals surface area (Å²) in [6.45, 7) is 3.45. The van der Waals surface area contributed by atoms with Gasteiger partial charge in [0.15, 0.2) is 0 Å². The largest absolute Gasteiger partial charge is 0.416 e. The molecule has 2 rings (SSSR count). The van der Waals surface area contributed by atoms with Crippen LogP contribution >= 0.6 is 0 Å². The fourth-order valence-electron chi connectivity index (χ4n) is 2.60. The van der Waals surface area contributed by atoms with Gasteiger partial charge in [-0.25, -0.2) is 0 Å². The highest BCUT2D eigenvalue weighted by Crippen LogP contribution is 2.30. The average molecular weight is 300 g/mol. The monoisotopic (exact) mass is 300 g/mol. The molecule has 0 aliphatic carbocycles. The molecule has 1 aliphatic rings. The van der Waals surface area contributed by atoms with Gasteiger partial charge in [-0.2, -0.15) is 13.2 Å². The van der Waals surface area contributed by atoms with E-state index >= 15 is 0 Å². The third kappa shape index (κ3) is 3.97. The van der Waals surface area contributed by atoms with Gasteiger partial charge < -0.3 is 10.2 Å². The Morgan fingerprint density at radius 3 is 2.81 bits per heavy atom. The molecule has 1 amide bonds. The van der Waals surface area contributed by atoms with E-state index in [1.54, 1.807) is 11.0 Å². The van der Waals surface area contributed by atoms with Gasteiger partial charge in [0.2, 0.25) is 5.91 Å². The number of amides is 1. The van der Waals surface area contributed by atoms with Crippen molar-refractivity contribution in [1.82, 2.24) is 10.2 Å². The number of carbonyl (C=O) groups excluding carboxylic acids is 1. The van der Waals surface area contributed by atoms with Crippen LogP contribution in [-0.4, -0.2) is 29.9 Å². The maximum absolute atomic E-state index is 12.7.